The topological polar surface area (TPSA) is 86.6 Å². The van der Waals surface area contributed by atoms with Crippen LogP contribution in [0.25, 0.3) is 0 Å². The molecule has 94 valence electrons. The van der Waals surface area contributed by atoms with Gasteiger partial charge in [0.2, 0.25) is 5.91 Å². The second-order valence-electron chi connectivity index (χ2n) is 4.78. The molecule has 0 aromatic heterocycles. The summed E-state index contributed by atoms with van der Waals surface area (Å²) in [6.07, 6.45) is 0.811. The van der Waals surface area contributed by atoms with Crippen LogP contribution in [0.1, 0.15) is 40.0 Å². The molecule has 0 aromatic rings. The van der Waals surface area contributed by atoms with Gasteiger partial charge in [-0.15, -0.1) is 0 Å². The predicted molar refractivity (Wildman–Crippen MR) is 60.0 cm³/mol. The third kappa shape index (κ3) is 8.23. The van der Waals surface area contributed by atoms with E-state index in [2.05, 4.69) is 5.32 Å². The van der Waals surface area contributed by atoms with Crippen molar-refractivity contribution in [3.05, 3.63) is 0 Å². The Morgan fingerprint density at radius 3 is 2.38 bits per heavy atom. The monoisotopic (exact) mass is 231 g/mol. The fraction of sp³-hybridized carbons (Fsp3) is 0.818. The number of hydrogen-bond donors (Lipinski definition) is 3. The first-order valence-corrected chi connectivity index (χ1v) is 5.44. The van der Waals surface area contributed by atoms with Crippen LogP contribution in [-0.4, -0.2) is 34.2 Å². The van der Waals surface area contributed by atoms with E-state index in [9.17, 15) is 14.7 Å². The summed E-state index contributed by atoms with van der Waals surface area (Å²) in [5.41, 5.74) is -1.39. The van der Waals surface area contributed by atoms with Crippen LogP contribution in [0, 0.1) is 5.92 Å². The van der Waals surface area contributed by atoms with E-state index in [0.717, 1.165) is 6.42 Å². The number of carboxylic acids is 1. The zero-order chi connectivity index (χ0) is 12.8. The fourth-order valence-corrected chi connectivity index (χ4v) is 1.19. The Balaban J connectivity index is 3.86. The van der Waals surface area contributed by atoms with Crippen LogP contribution in [0.3, 0.4) is 0 Å². The fourth-order valence-electron chi connectivity index (χ4n) is 1.19. The van der Waals surface area contributed by atoms with E-state index in [1.54, 1.807) is 0 Å². The standard InChI is InChI=1S/C11H21NO4/c1-8(2)4-5-9(13)12-7-11(3,16)6-10(14)15/h8,16H,4-7H2,1-3H3,(H,12,13)(H,14,15). The average Bonchev–Trinajstić information content (AvgIpc) is 2.09. The minimum Gasteiger partial charge on any atom is -0.481 e. The summed E-state index contributed by atoms with van der Waals surface area (Å²) in [4.78, 5) is 21.7. The van der Waals surface area contributed by atoms with Gasteiger partial charge in [0.1, 0.15) is 0 Å². The molecule has 0 saturated carbocycles. The van der Waals surface area contributed by atoms with E-state index in [-0.39, 0.29) is 18.9 Å². The molecule has 5 heteroatoms. The lowest BCUT2D eigenvalue weighted by Gasteiger charge is -2.21. The van der Waals surface area contributed by atoms with Crippen LogP contribution in [0.15, 0.2) is 0 Å². The number of aliphatic hydroxyl groups is 1. The SMILES string of the molecule is CC(C)CCC(=O)NCC(C)(O)CC(=O)O. The Morgan fingerprint density at radius 1 is 1.38 bits per heavy atom. The van der Waals surface area contributed by atoms with E-state index in [1.807, 2.05) is 13.8 Å². The van der Waals surface area contributed by atoms with E-state index < -0.39 is 11.6 Å². The molecular weight excluding hydrogens is 210 g/mol. The van der Waals surface area contributed by atoms with Gasteiger partial charge in [0, 0.05) is 13.0 Å². The van der Waals surface area contributed by atoms with Gasteiger partial charge in [0.05, 0.1) is 12.0 Å². The van der Waals surface area contributed by atoms with Crippen molar-refractivity contribution in [3.8, 4) is 0 Å². The molecule has 0 fully saturated rings. The molecule has 0 aliphatic heterocycles. The number of hydrogen-bond acceptors (Lipinski definition) is 3. The van der Waals surface area contributed by atoms with Gasteiger partial charge >= 0.3 is 5.97 Å². The van der Waals surface area contributed by atoms with Crippen LogP contribution in [-0.2, 0) is 9.59 Å². The van der Waals surface area contributed by atoms with Crippen molar-refractivity contribution in [3.63, 3.8) is 0 Å². The highest BCUT2D eigenvalue weighted by atomic mass is 16.4. The lowest BCUT2D eigenvalue weighted by atomic mass is 10.0. The lowest BCUT2D eigenvalue weighted by molar-refractivity contribution is -0.142. The number of carboxylic acid groups (broad SMARTS) is 1. The molecule has 0 aliphatic carbocycles. The molecule has 0 bridgehead atoms. The van der Waals surface area contributed by atoms with E-state index >= 15 is 0 Å². The third-order valence-corrected chi connectivity index (χ3v) is 2.15. The maximum Gasteiger partial charge on any atom is 0.306 e. The van der Waals surface area contributed by atoms with Gasteiger partial charge in [-0.2, -0.15) is 0 Å². The molecule has 1 atom stereocenters. The van der Waals surface area contributed by atoms with Gasteiger partial charge < -0.3 is 15.5 Å². The molecule has 0 radical (unpaired) electrons. The number of carbonyl (C=O) groups is 2. The number of rotatable bonds is 7. The number of aliphatic carboxylic acids is 1. The summed E-state index contributed by atoms with van der Waals surface area (Å²) in [5, 5.41) is 20.7. The molecule has 1 unspecified atom stereocenters. The number of amides is 1. The second-order valence-corrected chi connectivity index (χ2v) is 4.78. The smallest absolute Gasteiger partial charge is 0.306 e. The van der Waals surface area contributed by atoms with Gasteiger partial charge in [0.15, 0.2) is 0 Å². The number of nitrogens with one attached hydrogen (secondary N) is 1. The normalized spacial score (nSPS) is 14.6. The van der Waals surface area contributed by atoms with Crippen molar-refractivity contribution in [2.75, 3.05) is 6.54 Å². The highest BCUT2D eigenvalue weighted by molar-refractivity contribution is 5.76. The van der Waals surface area contributed by atoms with Crippen molar-refractivity contribution in [2.45, 2.75) is 45.6 Å². The van der Waals surface area contributed by atoms with Crippen molar-refractivity contribution >= 4 is 11.9 Å². The Bertz CT molecular complexity index is 248. The van der Waals surface area contributed by atoms with Crippen molar-refractivity contribution in [1.82, 2.24) is 5.32 Å². The first-order valence-electron chi connectivity index (χ1n) is 5.44. The third-order valence-electron chi connectivity index (χ3n) is 2.15. The quantitative estimate of drug-likeness (QED) is 0.604. The molecule has 0 aliphatic rings. The van der Waals surface area contributed by atoms with Gasteiger partial charge in [0.25, 0.3) is 0 Å². The maximum absolute atomic E-state index is 11.3. The Kier molecular flexibility index (Phi) is 6.03. The molecule has 0 heterocycles. The second kappa shape index (κ2) is 6.48. The van der Waals surface area contributed by atoms with E-state index in [1.165, 1.54) is 6.92 Å². The predicted octanol–water partition coefficient (Wildman–Crippen LogP) is 0.764. The molecule has 16 heavy (non-hydrogen) atoms. The van der Waals surface area contributed by atoms with Gasteiger partial charge in [-0.3, -0.25) is 9.59 Å². The van der Waals surface area contributed by atoms with Crippen molar-refractivity contribution < 1.29 is 19.8 Å². The maximum atomic E-state index is 11.3. The first kappa shape index (κ1) is 14.9. The summed E-state index contributed by atoms with van der Waals surface area (Å²) in [6, 6.07) is 0. The van der Waals surface area contributed by atoms with E-state index in [4.69, 9.17) is 5.11 Å². The molecular formula is C11H21NO4. The van der Waals surface area contributed by atoms with Crippen LogP contribution < -0.4 is 5.32 Å². The van der Waals surface area contributed by atoms with Crippen molar-refractivity contribution in [2.24, 2.45) is 5.92 Å². The molecule has 0 rings (SSSR count). The summed E-state index contributed by atoms with van der Waals surface area (Å²) in [5.74, 6) is -0.786. The van der Waals surface area contributed by atoms with Gasteiger partial charge in [-0.25, -0.2) is 0 Å². The van der Waals surface area contributed by atoms with Gasteiger partial charge in [-0.05, 0) is 19.3 Å². The lowest BCUT2D eigenvalue weighted by Crippen LogP contribution is -2.42. The summed E-state index contributed by atoms with van der Waals surface area (Å²) in [6.45, 7) is 5.40. The zero-order valence-electron chi connectivity index (χ0n) is 10.1. The molecule has 1 amide bonds. The summed E-state index contributed by atoms with van der Waals surface area (Å²) in [7, 11) is 0. The highest BCUT2D eigenvalue weighted by Gasteiger charge is 2.24. The molecule has 0 aromatic carbocycles. The molecule has 0 spiro atoms. The minimum absolute atomic E-state index is 0.0315. The van der Waals surface area contributed by atoms with Crippen LogP contribution in [0.5, 0.6) is 0 Å². The summed E-state index contributed by atoms with van der Waals surface area (Å²) >= 11 is 0. The van der Waals surface area contributed by atoms with Crippen LogP contribution in [0.2, 0.25) is 0 Å². The van der Waals surface area contributed by atoms with Gasteiger partial charge in [-0.1, -0.05) is 13.8 Å². The zero-order valence-corrected chi connectivity index (χ0v) is 10.1. The molecule has 3 N–H and O–H groups in total. The summed E-state index contributed by atoms with van der Waals surface area (Å²) < 4.78 is 0. The number of carbonyl (C=O) groups excluding carboxylic acids is 1. The molecule has 5 nitrogen and oxygen atoms in total. The minimum atomic E-state index is -1.39. The Morgan fingerprint density at radius 2 is 1.94 bits per heavy atom. The largest absolute Gasteiger partial charge is 0.481 e. The van der Waals surface area contributed by atoms with Crippen LogP contribution >= 0.6 is 0 Å². The first-order chi connectivity index (χ1) is 7.23. The molecule has 0 saturated heterocycles. The van der Waals surface area contributed by atoms with Crippen LogP contribution in [0.4, 0.5) is 0 Å². The van der Waals surface area contributed by atoms with E-state index in [0.29, 0.717) is 12.3 Å². The Labute approximate surface area is 95.9 Å². The average molecular weight is 231 g/mol. The Hall–Kier alpha value is -1.10. The highest BCUT2D eigenvalue weighted by Crippen LogP contribution is 2.08. The van der Waals surface area contributed by atoms with Crippen molar-refractivity contribution in [1.29, 1.82) is 0 Å².